The molecule has 0 spiro atoms. The second-order valence-electron chi connectivity index (χ2n) is 6.76. The molecule has 1 heterocycles. The Morgan fingerprint density at radius 1 is 1.10 bits per heavy atom. The van der Waals surface area contributed by atoms with E-state index >= 15 is 0 Å². The van der Waals surface area contributed by atoms with Crippen molar-refractivity contribution in [3.63, 3.8) is 0 Å². The summed E-state index contributed by atoms with van der Waals surface area (Å²) in [4.78, 5) is 28.8. The van der Waals surface area contributed by atoms with Gasteiger partial charge in [0.2, 0.25) is 0 Å². The zero-order chi connectivity index (χ0) is 21.5. The highest BCUT2D eigenvalue weighted by Gasteiger charge is 2.13. The van der Waals surface area contributed by atoms with Crippen molar-refractivity contribution in [2.24, 2.45) is 0 Å². The molecule has 0 radical (unpaired) electrons. The molecule has 0 saturated carbocycles. The summed E-state index contributed by atoms with van der Waals surface area (Å²) in [6.45, 7) is 5.92. The van der Waals surface area contributed by atoms with Crippen LogP contribution < -0.4 is 10.1 Å². The molecule has 0 aliphatic carbocycles. The van der Waals surface area contributed by atoms with E-state index in [0.717, 1.165) is 33.9 Å². The summed E-state index contributed by atoms with van der Waals surface area (Å²) in [5.41, 5.74) is 4.00. The first-order valence-electron chi connectivity index (χ1n) is 9.65. The Morgan fingerprint density at radius 3 is 2.53 bits per heavy atom. The van der Waals surface area contributed by atoms with Crippen molar-refractivity contribution in [3.8, 4) is 5.75 Å². The predicted octanol–water partition coefficient (Wildman–Crippen LogP) is 4.70. The van der Waals surface area contributed by atoms with Crippen molar-refractivity contribution in [2.75, 3.05) is 11.9 Å². The molecule has 7 heteroatoms. The van der Waals surface area contributed by atoms with E-state index in [-0.39, 0.29) is 12.5 Å². The molecule has 0 saturated heterocycles. The molecule has 3 rings (SSSR count). The SMILES string of the molecule is CCc1cccc(C)c1NC(=O)COC(=O)c1ccc(OCc2csc(C)n2)cc1. The lowest BCUT2D eigenvalue weighted by Crippen LogP contribution is -2.22. The number of nitrogens with one attached hydrogen (secondary N) is 1. The van der Waals surface area contributed by atoms with E-state index < -0.39 is 5.97 Å². The van der Waals surface area contributed by atoms with Crippen molar-refractivity contribution in [1.82, 2.24) is 4.98 Å². The predicted molar refractivity (Wildman–Crippen MR) is 117 cm³/mol. The van der Waals surface area contributed by atoms with Gasteiger partial charge in [-0.3, -0.25) is 4.79 Å². The van der Waals surface area contributed by atoms with Crippen LogP contribution in [0, 0.1) is 13.8 Å². The van der Waals surface area contributed by atoms with Crippen LogP contribution in [0.15, 0.2) is 47.8 Å². The first kappa shape index (κ1) is 21.5. The largest absolute Gasteiger partial charge is 0.487 e. The molecule has 30 heavy (non-hydrogen) atoms. The third kappa shape index (κ3) is 5.67. The van der Waals surface area contributed by atoms with Gasteiger partial charge in [-0.2, -0.15) is 0 Å². The number of amides is 1. The standard InChI is InChI=1S/C23H24N2O4S/c1-4-17-7-5-6-15(2)22(17)25-21(26)13-29-23(27)18-8-10-20(11-9-18)28-12-19-14-30-16(3)24-19/h5-11,14H,4,12-13H2,1-3H3,(H,25,26). The van der Waals surface area contributed by atoms with Gasteiger partial charge in [0, 0.05) is 11.1 Å². The van der Waals surface area contributed by atoms with E-state index in [1.807, 2.05) is 44.4 Å². The minimum Gasteiger partial charge on any atom is -0.487 e. The average Bonchev–Trinajstić information content (AvgIpc) is 3.17. The Morgan fingerprint density at radius 2 is 1.87 bits per heavy atom. The molecule has 6 nitrogen and oxygen atoms in total. The van der Waals surface area contributed by atoms with Gasteiger partial charge in [0.1, 0.15) is 12.4 Å². The van der Waals surface area contributed by atoms with E-state index in [9.17, 15) is 9.59 Å². The molecule has 0 unspecified atom stereocenters. The zero-order valence-corrected chi connectivity index (χ0v) is 18.0. The molecular formula is C23H24N2O4S. The number of carbonyl (C=O) groups excluding carboxylic acids is 2. The summed E-state index contributed by atoms with van der Waals surface area (Å²) < 4.78 is 10.8. The summed E-state index contributed by atoms with van der Waals surface area (Å²) in [6, 6.07) is 12.5. The summed E-state index contributed by atoms with van der Waals surface area (Å²) in [5.74, 6) is -0.306. The quantitative estimate of drug-likeness (QED) is 0.531. The van der Waals surface area contributed by atoms with Crippen LogP contribution in [-0.4, -0.2) is 23.5 Å². The Labute approximate surface area is 179 Å². The number of esters is 1. The van der Waals surface area contributed by atoms with Gasteiger partial charge in [0.05, 0.1) is 16.3 Å². The fourth-order valence-electron chi connectivity index (χ4n) is 2.91. The summed E-state index contributed by atoms with van der Waals surface area (Å²) >= 11 is 1.57. The van der Waals surface area contributed by atoms with E-state index in [4.69, 9.17) is 9.47 Å². The van der Waals surface area contributed by atoms with Crippen LogP contribution in [0.5, 0.6) is 5.75 Å². The minimum atomic E-state index is -0.563. The van der Waals surface area contributed by atoms with E-state index in [1.165, 1.54) is 0 Å². The number of nitrogens with zero attached hydrogens (tertiary/aromatic N) is 1. The summed E-state index contributed by atoms with van der Waals surface area (Å²) in [5, 5.41) is 5.78. The van der Waals surface area contributed by atoms with Crippen LogP contribution in [0.3, 0.4) is 0 Å². The molecule has 0 bridgehead atoms. The molecule has 156 valence electrons. The highest BCUT2D eigenvalue weighted by molar-refractivity contribution is 7.09. The lowest BCUT2D eigenvalue weighted by atomic mass is 10.1. The van der Waals surface area contributed by atoms with Gasteiger partial charge in [-0.15, -0.1) is 11.3 Å². The maximum Gasteiger partial charge on any atom is 0.338 e. The fraction of sp³-hybridized carbons (Fsp3) is 0.261. The lowest BCUT2D eigenvalue weighted by Gasteiger charge is -2.13. The van der Waals surface area contributed by atoms with E-state index in [0.29, 0.717) is 17.9 Å². The van der Waals surface area contributed by atoms with Crippen LogP contribution in [-0.2, 0) is 22.6 Å². The first-order valence-corrected chi connectivity index (χ1v) is 10.5. The van der Waals surface area contributed by atoms with Crippen molar-refractivity contribution in [3.05, 3.63) is 75.2 Å². The van der Waals surface area contributed by atoms with Gasteiger partial charge in [0.25, 0.3) is 5.91 Å². The number of aromatic nitrogens is 1. The molecule has 1 amide bonds. The third-order valence-corrected chi connectivity index (χ3v) is 5.30. The van der Waals surface area contributed by atoms with Crippen LogP contribution in [0.2, 0.25) is 0 Å². The number of anilines is 1. The number of hydrogen-bond donors (Lipinski definition) is 1. The van der Waals surface area contributed by atoms with Gasteiger partial charge in [-0.05, 0) is 55.7 Å². The van der Waals surface area contributed by atoms with Gasteiger partial charge < -0.3 is 14.8 Å². The number of hydrogen-bond acceptors (Lipinski definition) is 6. The highest BCUT2D eigenvalue weighted by Crippen LogP contribution is 2.21. The Bertz CT molecular complexity index is 1030. The number of ether oxygens (including phenoxy) is 2. The second-order valence-corrected chi connectivity index (χ2v) is 7.82. The average molecular weight is 425 g/mol. The Hall–Kier alpha value is -3.19. The van der Waals surface area contributed by atoms with Crippen molar-refractivity contribution in [1.29, 1.82) is 0 Å². The third-order valence-electron chi connectivity index (χ3n) is 4.48. The fourth-order valence-corrected chi connectivity index (χ4v) is 3.51. The zero-order valence-electron chi connectivity index (χ0n) is 17.2. The minimum absolute atomic E-state index is 0.349. The maximum atomic E-state index is 12.2. The van der Waals surface area contributed by atoms with Crippen LogP contribution in [0.25, 0.3) is 0 Å². The topological polar surface area (TPSA) is 77.5 Å². The van der Waals surface area contributed by atoms with Crippen LogP contribution in [0.1, 0.15) is 39.1 Å². The molecule has 3 aromatic rings. The van der Waals surface area contributed by atoms with Crippen molar-refractivity contribution in [2.45, 2.75) is 33.8 Å². The van der Waals surface area contributed by atoms with Crippen molar-refractivity contribution < 1.29 is 19.1 Å². The number of rotatable bonds is 8. The van der Waals surface area contributed by atoms with Crippen molar-refractivity contribution >= 4 is 28.9 Å². The molecule has 0 aliphatic rings. The van der Waals surface area contributed by atoms with Crippen LogP contribution in [0.4, 0.5) is 5.69 Å². The molecule has 1 aromatic heterocycles. The Kier molecular flexibility index (Phi) is 7.19. The Balaban J connectivity index is 1.50. The van der Waals surface area contributed by atoms with Gasteiger partial charge >= 0.3 is 5.97 Å². The van der Waals surface area contributed by atoms with Gasteiger partial charge in [0.15, 0.2) is 6.61 Å². The summed E-state index contributed by atoms with van der Waals surface area (Å²) in [6.07, 6.45) is 0.799. The normalized spacial score (nSPS) is 10.5. The molecule has 1 N–H and O–H groups in total. The molecular weight excluding hydrogens is 400 g/mol. The maximum absolute atomic E-state index is 12.2. The molecule has 0 atom stereocenters. The molecule has 0 aliphatic heterocycles. The molecule has 2 aromatic carbocycles. The van der Waals surface area contributed by atoms with E-state index in [1.54, 1.807) is 35.6 Å². The smallest absolute Gasteiger partial charge is 0.338 e. The summed E-state index contributed by atoms with van der Waals surface area (Å²) in [7, 11) is 0. The van der Waals surface area contributed by atoms with Crippen LogP contribution >= 0.6 is 11.3 Å². The molecule has 0 fully saturated rings. The lowest BCUT2D eigenvalue weighted by molar-refractivity contribution is -0.119. The second kappa shape index (κ2) is 10.0. The highest BCUT2D eigenvalue weighted by atomic mass is 32.1. The number of thiazole rings is 1. The monoisotopic (exact) mass is 424 g/mol. The number of carbonyl (C=O) groups is 2. The van der Waals surface area contributed by atoms with E-state index in [2.05, 4.69) is 10.3 Å². The van der Waals surface area contributed by atoms with Gasteiger partial charge in [-0.1, -0.05) is 25.1 Å². The van der Waals surface area contributed by atoms with Gasteiger partial charge in [-0.25, -0.2) is 9.78 Å². The number of para-hydroxylation sites is 1. The number of aryl methyl sites for hydroxylation is 3. The number of benzene rings is 2. The first-order chi connectivity index (χ1) is 14.5.